The van der Waals surface area contributed by atoms with E-state index in [2.05, 4.69) is 11.4 Å². The van der Waals surface area contributed by atoms with Gasteiger partial charge in [-0.05, 0) is 36.6 Å². The summed E-state index contributed by atoms with van der Waals surface area (Å²) >= 11 is 0. The van der Waals surface area contributed by atoms with Gasteiger partial charge in [0.25, 0.3) is 0 Å². The van der Waals surface area contributed by atoms with Gasteiger partial charge in [0.1, 0.15) is 5.82 Å². The van der Waals surface area contributed by atoms with Crippen molar-refractivity contribution in [3.63, 3.8) is 0 Å². The first-order valence-corrected chi connectivity index (χ1v) is 6.30. The first-order valence-electron chi connectivity index (χ1n) is 6.30. The van der Waals surface area contributed by atoms with Crippen molar-refractivity contribution in [2.24, 2.45) is 0 Å². The van der Waals surface area contributed by atoms with Crippen LogP contribution in [0.1, 0.15) is 36.8 Å². The van der Waals surface area contributed by atoms with E-state index in [0.29, 0.717) is 17.7 Å². The lowest BCUT2D eigenvalue weighted by Crippen LogP contribution is -2.41. The summed E-state index contributed by atoms with van der Waals surface area (Å²) in [6.45, 7) is 0.419. The Labute approximate surface area is 106 Å². The average Bonchev–Trinajstić information content (AvgIpc) is 2.38. The predicted octanol–water partition coefficient (Wildman–Crippen LogP) is 2.09. The molecule has 2 unspecified atom stereocenters. The topological polar surface area (TPSA) is 56.0 Å². The maximum atomic E-state index is 13.1. The Morgan fingerprint density at radius 1 is 1.39 bits per heavy atom. The molecular formula is C14H17FN2O. The third-order valence-corrected chi connectivity index (χ3v) is 3.47. The summed E-state index contributed by atoms with van der Waals surface area (Å²) in [6.07, 6.45) is 3.56. The van der Waals surface area contributed by atoms with Gasteiger partial charge in [0.2, 0.25) is 0 Å². The summed E-state index contributed by atoms with van der Waals surface area (Å²) in [5.41, 5.74) is 1.13. The number of rotatable bonds is 3. The summed E-state index contributed by atoms with van der Waals surface area (Å²) < 4.78 is 13.1. The van der Waals surface area contributed by atoms with E-state index in [1.54, 1.807) is 0 Å². The Hall–Kier alpha value is -1.44. The summed E-state index contributed by atoms with van der Waals surface area (Å²) in [6, 6.07) is 6.26. The number of aliphatic hydroxyl groups is 1. The molecule has 0 heterocycles. The highest BCUT2D eigenvalue weighted by Crippen LogP contribution is 2.19. The number of benzene rings is 1. The Morgan fingerprint density at radius 2 is 2.17 bits per heavy atom. The molecule has 0 aromatic heterocycles. The lowest BCUT2D eigenvalue weighted by molar-refractivity contribution is 0.0902. The highest BCUT2D eigenvalue weighted by Gasteiger charge is 2.22. The van der Waals surface area contributed by atoms with Crippen molar-refractivity contribution < 1.29 is 9.50 Å². The van der Waals surface area contributed by atoms with Crippen LogP contribution in [0.15, 0.2) is 18.2 Å². The fourth-order valence-corrected chi connectivity index (χ4v) is 2.41. The molecule has 2 N–H and O–H groups in total. The Balaban J connectivity index is 2.01. The molecule has 0 saturated heterocycles. The molecule has 0 spiro atoms. The van der Waals surface area contributed by atoms with Crippen LogP contribution < -0.4 is 5.32 Å². The van der Waals surface area contributed by atoms with Gasteiger partial charge in [-0.1, -0.05) is 12.8 Å². The van der Waals surface area contributed by atoms with Crippen LogP contribution in [0, 0.1) is 17.1 Å². The van der Waals surface area contributed by atoms with Crippen molar-refractivity contribution in [3.8, 4) is 6.07 Å². The molecule has 0 aliphatic heterocycles. The molecule has 2 atom stereocenters. The van der Waals surface area contributed by atoms with Gasteiger partial charge >= 0.3 is 0 Å². The smallest absolute Gasteiger partial charge is 0.123 e. The third kappa shape index (κ3) is 3.06. The highest BCUT2D eigenvalue weighted by atomic mass is 19.1. The van der Waals surface area contributed by atoms with Gasteiger partial charge < -0.3 is 10.4 Å². The van der Waals surface area contributed by atoms with Gasteiger partial charge in [0.05, 0.1) is 17.7 Å². The van der Waals surface area contributed by atoms with Crippen LogP contribution in [0.25, 0.3) is 0 Å². The number of aliphatic hydroxyl groups excluding tert-OH is 1. The zero-order chi connectivity index (χ0) is 13.0. The molecular weight excluding hydrogens is 231 g/mol. The summed E-state index contributed by atoms with van der Waals surface area (Å²) in [4.78, 5) is 0. The number of nitrogens with one attached hydrogen (secondary N) is 1. The highest BCUT2D eigenvalue weighted by molar-refractivity contribution is 5.37. The van der Waals surface area contributed by atoms with Crippen LogP contribution in [0.2, 0.25) is 0 Å². The first-order chi connectivity index (χ1) is 8.70. The molecule has 1 aliphatic carbocycles. The number of halogens is 1. The molecule has 96 valence electrons. The quantitative estimate of drug-likeness (QED) is 0.861. The van der Waals surface area contributed by atoms with Crippen molar-refractivity contribution in [1.82, 2.24) is 5.32 Å². The van der Waals surface area contributed by atoms with Gasteiger partial charge in [0.15, 0.2) is 0 Å². The Kier molecular flexibility index (Phi) is 4.29. The summed E-state index contributed by atoms with van der Waals surface area (Å²) in [5.74, 6) is -0.338. The maximum Gasteiger partial charge on any atom is 0.123 e. The molecule has 3 nitrogen and oxygen atoms in total. The number of hydrogen-bond donors (Lipinski definition) is 2. The van der Waals surface area contributed by atoms with Crippen LogP contribution >= 0.6 is 0 Å². The predicted molar refractivity (Wildman–Crippen MR) is 66.2 cm³/mol. The zero-order valence-corrected chi connectivity index (χ0v) is 10.2. The average molecular weight is 248 g/mol. The Morgan fingerprint density at radius 3 is 2.89 bits per heavy atom. The maximum absolute atomic E-state index is 13.1. The van der Waals surface area contributed by atoms with Gasteiger partial charge in [-0.15, -0.1) is 0 Å². The number of hydrogen-bond acceptors (Lipinski definition) is 3. The van der Waals surface area contributed by atoms with Crippen LogP contribution in [0.5, 0.6) is 0 Å². The normalized spacial score (nSPS) is 23.6. The summed E-state index contributed by atoms with van der Waals surface area (Å²) in [7, 11) is 0. The van der Waals surface area contributed by atoms with Crippen molar-refractivity contribution in [2.75, 3.05) is 0 Å². The molecule has 1 aromatic carbocycles. The van der Waals surface area contributed by atoms with E-state index < -0.39 is 0 Å². The minimum atomic E-state index is -0.338. The molecule has 1 aromatic rings. The fraction of sp³-hybridized carbons (Fsp3) is 0.500. The lowest BCUT2D eigenvalue weighted by atomic mass is 9.92. The van der Waals surface area contributed by atoms with Crippen LogP contribution in [0.3, 0.4) is 0 Å². The molecule has 18 heavy (non-hydrogen) atoms. The van der Waals surface area contributed by atoms with E-state index in [9.17, 15) is 9.50 Å². The molecule has 0 amide bonds. The van der Waals surface area contributed by atoms with Gasteiger partial charge in [-0.25, -0.2) is 4.39 Å². The number of nitriles is 1. The van der Waals surface area contributed by atoms with Crippen LogP contribution in [-0.4, -0.2) is 17.3 Å². The van der Waals surface area contributed by atoms with Crippen LogP contribution in [0.4, 0.5) is 4.39 Å². The minimum absolute atomic E-state index is 0.0496. The van der Waals surface area contributed by atoms with E-state index in [-0.39, 0.29) is 18.0 Å². The van der Waals surface area contributed by atoms with Crippen molar-refractivity contribution in [2.45, 2.75) is 44.4 Å². The molecule has 1 aliphatic rings. The largest absolute Gasteiger partial charge is 0.392 e. The standard InChI is InChI=1S/C14H17FN2O/c15-12-6-5-10(8-16)11(7-12)9-17-13-3-1-2-4-14(13)18/h5-7,13-14,17-18H,1-4,9H2. The van der Waals surface area contributed by atoms with E-state index in [1.807, 2.05) is 0 Å². The summed E-state index contributed by atoms with van der Waals surface area (Å²) in [5, 5.41) is 22.0. The Bertz CT molecular complexity index is 456. The van der Waals surface area contributed by atoms with Crippen molar-refractivity contribution in [3.05, 3.63) is 35.1 Å². The lowest BCUT2D eigenvalue weighted by Gasteiger charge is -2.28. The molecule has 4 heteroatoms. The molecule has 0 radical (unpaired) electrons. The van der Waals surface area contributed by atoms with Gasteiger partial charge in [-0.3, -0.25) is 0 Å². The van der Waals surface area contributed by atoms with Gasteiger partial charge in [-0.2, -0.15) is 5.26 Å². The first kappa shape index (κ1) is 13.0. The van der Waals surface area contributed by atoms with E-state index in [4.69, 9.17) is 5.26 Å². The molecule has 0 bridgehead atoms. The monoisotopic (exact) mass is 248 g/mol. The van der Waals surface area contributed by atoms with E-state index in [0.717, 1.165) is 25.7 Å². The van der Waals surface area contributed by atoms with Gasteiger partial charge in [0, 0.05) is 12.6 Å². The molecule has 1 fully saturated rings. The zero-order valence-electron chi connectivity index (χ0n) is 10.2. The fourth-order valence-electron chi connectivity index (χ4n) is 2.41. The molecule has 1 saturated carbocycles. The second-order valence-corrected chi connectivity index (χ2v) is 4.75. The second-order valence-electron chi connectivity index (χ2n) is 4.75. The third-order valence-electron chi connectivity index (χ3n) is 3.47. The van der Waals surface area contributed by atoms with Crippen molar-refractivity contribution >= 4 is 0 Å². The van der Waals surface area contributed by atoms with E-state index >= 15 is 0 Å². The SMILES string of the molecule is N#Cc1ccc(F)cc1CNC1CCCCC1O. The van der Waals surface area contributed by atoms with E-state index in [1.165, 1.54) is 18.2 Å². The van der Waals surface area contributed by atoms with Crippen LogP contribution in [-0.2, 0) is 6.54 Å². The minimum Gasteiger partial charge on any atom is -0.392 e. The number of nitrogens with zero attached hydrogens (tertiary/aromatic N) is 1. The van der Waals surface area contributed by atoms with Crippen molar-refractivity contribution in [1.29, 1.82) is 5.26 Å². The second kappa shape index (κ2) is 5.94. The molecule has 2 rings (SSSR count).